The lowest BCUT2D eigenvalue weighted by atomic mass is 10.4. The number of ether oxygens (including phenoxy) is 1. The molecule has 1 heterocycles. The van der Waals surface area contributed by atoms with Crippen LogP contribution >= 0.6 is 0 Å². The first-order valence-corrected chi connectivity index (χ1v) is 4.32. The summed E-state index contributed by atoms with van der Waals surface area (Å²) in [5.74, 6) is 0. The van der Waals surface area contributed by atoms with Crippen molar-refractivity contribution in [2.45, 2.75) is 27.3 Å². The van der Waals surface area contributed by atoms with Crippen molar-refractivity contribution in [3.63, 3.8) is 0 Å². The van der Waals surface area contributed by atoms with E-state index in [1.807, 2.05) is 0 Å². The minimum Gasteiger partial charge on any atom is -0.379 e. The summed E-state index contributed by atoms with van der Waals surface area (Å²) in [4.78, 5) is 2.38. The Morgan fingerprint density at radius 3 is 2.42 bits per heavy atom. The van der Waals surface area contributed by atoms with Crippen molar-refractivity contribution in [3.05, 3.63) is 0 Å². The summed E-state index contributed by atoms with van der Waals surface area (Å²) in [6.07, 6.45) is 0. The van der Waals surface area contributed by atoms with Crippen LogP contribution in [0, 0.1) is 0 Å². The molecule has 1 N–H and O–H groups in total. The Morgan fingerprint density at radius 2 is 1.92 bits per heavy atom. The molecule has 0 aromatic carbocycles. The zero-order valence-electron chi connectivity index (χ0n) is 7.47. The van der Waals surface area contributed by atoms with Gasteiger partial charge in [-0.1, -0.05) is 7.43 Å². The minimum atomic E-state index is 0. The van der Waals surface area contributed by atoms with E-state index < -0.39 is 0 Å². The molecule has 0 atom stereocenters. The van der Waals surface area contributed by atoms with Crippen LogP contribution in [0.4, 0.5) is 0 Å². The maximum Gasteiger partial charge on any atom is 0.0594 e. The molecule has 1 saturated heterocycles. The lowest BCUT2D eigenvalue weighted by Gasteiger charge is -2.27. The van der Waals surface area contributed by atoms with Crippen LogP contribution < -0.4 is 5.32 Å². The van der Waals surface area contributed by atoms with Gasteiger partial charge in [0, 0.05) is 25.8 Å². The lowest BCUT2D eigenvalue weighted by Crippen LogP contribution is -2.43. The van der Waals surface area contributed by atoms with E-state index >= 15 is 0 Å². The summed E-state index contributed by atoms with van der Waals surface area (Å²) in [6, 6.07) is 0.581. The van der Waals surface area contributed by atoms with Crippen molar-refractivity contribution in [3.8, 4) is 0 Å². The van der Waals surface area contributed by atoms with Crippen LogP contribution in [0.15, 0.2) is 0 Å². The predicted molar refractivity (Wildman–Crippen MR) is 52.3 cm³/mol. The number of hydrogen-bond donors (Lipinski definition) is 1. The number of rotatable bonds is 3. The second kappa shape index (κ2) is 6.40. The Morgan fingerprint density at radius 1 is 1.33 bits per heavy atom. The van der Waals surface area contributed by atoms with E-state index in [0.29, 0.717) is 6.04 Å². The highest BCUT2D eigenvalue weighted by Crippen LogP contribution is 1.94. The van der Waals surface area contributed by atoms with Crippen molar-refractivity contribution in [1.82, 2.24) is 10.2 Å². The Labute approximate surface area is 76.1 Å². The van der Waals surface area contributed by atoms with Crippen LogP contribution in [-0.4, -0.2) is 43.9 Å². The first-order valence-electron chi connectivity index (χ1n) is 4.32. The second-order valence-electron chi connectivity index (χ2n) is 3.25. The third-order valence-corrected chi connectivity index (χ3v) is 1.83. The monoisotopic (exact) mass is 174 g/mol. The molecule has 74 valence electrons. The third-order valence-electron chi connectivity index (χ3n) is 1.83. The Hall–Kier alpha value is -0.120. The SMILES string of the molecule is C.CC(C)NCN1CCOCC1. The highest BCUT2D eigenvalue weighted by atomic mass is 16.5. The molecular weight excluding hydrogens is 152 g/mol. The van der Waals surface area contributed by atoms with Crippen LogP contribution in [0.2, 0.25) is 0 Å². The van der Waals surface area contributed by atoms with Crippen LogP contribution in [0.3, 0.4) is 0 Å². The number of morpholine rings is 1. The molecule has 1 aliphatic rings. The van der Waals surface area contributed by atoms with Gasteiger partial charge in [0.1, 0.15) is 0 Å². The largest absolute Gasteiger partial charge is 0.379 e. The van der Waals surface area contributed by atoms with E-state index in [0.717, 1.165) is 33.0 Å². The van der Waals surface area contributed by atoms with E-state index in [9.17, 15) is 0 Å². The van der Waals surface area contributed by atoms with Crippen LogP contribution in [0.1, 0.15) is 21.3 Å². The standard InChI is InChI=1S/C8H18N2O.CH4/c1-8(2)9-7-10-3-5-11-6-4-10;/h8-9H,3-7H2,1-2H3;1H4. The van der Waals surface area contributed by atoms with Crippen molar-refractivity contribution < 1.29 is 4.74 Å². The molecule has 3 heteroatoms. The minimum absolute atomic E-state index is 0. The number of hydrogen-bond acceptors (Lipinski definition) is 3. The van der Waals surface area contributed by atoms with Crippen LogP contribution in [0.5, 0.6) is 0 Å². The summed E-state index contributed by atoms with van der Waals surface area (Å²) in [5.41, 5.74) is 0. The molecule has 0 aromatic rings. The Bertz CT molecular complexity index is 101. The molecule has 0 amide bonds. The fourth-order valence-corrected chi connectivity index (χ4v) is 1.07. The molecule has 0 radical (unpaired) electrons. The topological polar surface area (TPSA) is 24.5 Å². The fraction of sp³-hybridized carbons (Fsp3) is 1.00. The van der Waals surface area contributed by atoms with Gasteiger partial charge in [0.2, 0.25) is 0 Å². The molecule has 0 spiro atoms. The number of nitrogens with zero attached hydrogens (tertiary/aromatic N) is 1. The lowest BCUT2D eigenvalue weighted by molar-refractivity contribution is 0.0331. The van der Waals surface area contributed by atoms with Gasteiger partial charge in [0.15, 0.2) is 0 Å². The molecule has 0 bridgehead atoms. The van der Waals surface area contributed by atoms with Crippen LogP contribution in [-0.2, 0) is 4.74 Å². The summed E-state index contributed by atoms with van der Waals surface area (Å²) in [6.45, 7) is 9.25. The normalized spacial score (nSPS) is 19.2. The van der Waals surface area contributed by atoms with Gasteiger partial charge in [-0.05, 0) is 13.8 Å². The Kier molecular flexibility index (Phi) is 6.34. The van der Waals surface area contributed by atoms with Crippen molar-refractivity contribution in [1.29, 1.82) is 0 Å². The van der Waals surface area contributed by atoms with E-state index in [2.05, 4.69) is 24.1 Å². The van der Waals surface area contributed by atoms with Gasteiger partial charge in [-0.3, -0.25) is 4.90 Å². The average molecular weight is 174 g/mol. The quantitative estimate of drug-likeness (QED) is 0.688. The summed E-state index contributed by atoms with van der Waals surface area (Å²) in [5, 5.41) is 3.39. The van der Waals surface area contributed by atoms with Crippen molar-refractivity contribution in [2.24, 2.45) is 0 Å². The van der Waals surface area contributed by atoms with Gasteiger partial charge in [0.05, 0.1) is 13.2 Å². The molecule has 1 fully saturated rings. The molecule has 1 aliphatic heterocycles. The molecule has 1 rings (SSSR count). The second-order valence-corrected chi connectivity index (χ2v) is 3.25. The van der Waals surface area contributed by atoms with E-state index in [1.165, 1.54) is 0 Å². The van der Waals surface area contributed by atoms with E-state index in [4.69, 9.17) is 4.74 Å². The van der Waals surface area contributed by atoms with Crippen molar-refractivity contribution >= 4 is 0 Å². The van der Waals surface area contributed by atoms with E-state index in [-0.39, 0.29) is 7.43 Å². The van der Waals surface area contributed by atoms with Gasteiger partial charge in [-0.15, -0.1) is 0 Å². The molecule has 0 aromatic heterocycles. The van der Waals surface area contributed by atoms with Gasteiger partial charge in [0.25, 0.3) is 0 Å². The van der Waals surface area contributed by atoms with Crippen molar-refractivity contribution in [2.75, 3.05) is 33.0 Å². The van der Waals surface area contributed by atoms with Gasteiger partial charge < -0.3 is 10.1 Å². The molecule has 3 nitrogen and oxygen atoms in total. The first-order chi connectivity index (χ1) is 5.29. The Balaban J connectivity index is 0.00000121. The average Bonchev–Trinajstić information content (AvgIpc) is 2.03. The fourth-order valence-electron chi connectivity index (χ4n) is 1.07. The summed E-state index contributed by atoms with van der Waals surface area (Å²) in [7, 11) is 0. The summed E-state index contributed by atoms with van der Waals surface area (Å²) >= 11 is 0. The molecule has 0 aliphatic carbocycles. The molecule has 0 unspecified atom stereocenters. The van der Waals surface area contributed by atoms with Gasteiger partial charge >= 0.3 is 0 Å². The molecule has 0 saturated carbocycles. The summed E-state index contributed by atoms with van der Waals surface area (Å²) < 4.78 is 5.24. The number of nitrogens with one attached hydrogen (secondary N) is 1. The molecular formula is C9H22N2O. The zero-order chi connectivity index (χ0) is 8.10. The maximum absolute atomic E-state index is 5.24. The smallest absolute Gasteiger partial charge is 0.0594 e. The predicted octanol–water partition coefficient (Wildman–Crippen LogP) is 0.910. The highest BCUT2D eigenvalue weighted by molar-refractivity contribution is 4.61. The third kappa shape index (κ3) is 4.70. The maximum atomic E-state index is 5.24. The van der Waals surface area contributed by atoms with Gasteiger partial charge in [-0.2, -0.15) is 0 Å². The van der Waals surface area contributed by atoms with Crippen LogP contribution in [0.25, 0.3) is 0 Å². The first kappa shape index (κ1) is 11.9. The highest BCUT2D eigenvalue weighted by Gasteiger charge is 2.08. The molecule has 12 heavy (non-hydrogen) atoms. The van der Waals surface area contributed by atoms with Gasteiger partial charge in [-0.25, -0.2) is 0 Å². The zero-order valence-corrected chi connectivity index (χ0v) is 7.47. The van der Waals surface area contributed by atoms with E-state index in [1.54, 1.807) is 0 Å².